The summed E-state index contributed by atoms with van der Waals surface area (Å²) in [7, 11) is 0. The molecule has 1 aliphatic heterocycles. The monoisotopic (exact) mass is 155 g/mol. The van der Waals surface area contributed by atoms with E-state index in [-0.39, 0.29) is 24.6 Å². The molecule has 0 fully saturated rings. The van der Waals surface area contributed by atoms with Crippen LogP contribution >= 0.6 is 0 Å². The standard InChI is InChI=1S/C7H9NO3/c1-2-6(9)3-5-4-7(10)11-8-5/h2-4H2,1H3. The van der Waals surface area contributed by atoms with Crippen molar-refractivity contribution in [1.82, 2.24) is 0 Å². The van der Waals surface area contributed by atoms with E-state index in [0.717, 1.165) is 0 Å². The van der Waals surface area contributed by atoms with Gasteiger partial charge in [-0.15, -0.1) is 0 Å². The predicted molar refractivity (Wildman–Crippen MR) is 38.1 cm³/mol. The van der Waals surface area contributed by atoms with Crippen LogP contribution in [0, 0.1) is 0 Å². The summed E-state index contributed by atoms with van der Waals surface area (Å²) >= 11 is 0. The van der Waals surface area contributed by atoms with Gasteiger partial charge in [0.1, 0.15) is 5.78 Å². The fourth-order valence-electron chi connectivity index (χ4n) is 0.794. The number of rotatable bonds is 3. The molecule has 0 aliphatic carbocycles. The van der Waals surface area contributed by atoms with Crippen molar-refractivity contribution in [3.63, 3.8) is 0 Å². The van der Waals surface area contributed by atoms with Crippen LogP contribution in [0.1, 0.15) is 26.2 Å². The molecule has 0 amide bonds. The van der Waals surface area contributed by atoms with Crippen LogP contribution in [0.3, 0.4) is 0 Å². The van der Waals surface area contributed by atoms with Gasteiger partial charge in [-0.1, -0.05) is 12.1 Å². The summed E-state index contributed by atoms with van der Waals surface area (Å²) < 4.78 is 0. The van der Waals surface area contributed by atoms with E-state index >= 15 is 0 Å². The van der Waals surface area contributed by atoms with Gasteiger partial charge in [0, 0.05) is 12.8 Å². The second kappa shape index (κ2) is 3.27. The third-order valence-corrected chi connectivity index (χ3v) is 1.42. The SMILES string of the molecule is CCC(=O)CC1=NOC(=O)C1. The molecule has 4 nitrogen and oxygen atoms in total. The predicted octanol–water partition coefficient (Wildman–Crippen LogP) is 0.658. The maximum Gasteiger partial charge on any atom is 0.340 e. The second-order valence-electron chi connectivity index (χ2n) is 2.37. The first-order valence-electron chi connectivity index (χ1n) is 3.49. The number of carbonyl (C=O) groups excluding carboxylic acids is 2. The largest absolute Gasteiger partial charge is 0.340 e. The molecule has 0 aromatic carbocycles. The van der Waals surface area contributed by atoms with Crippen LogP contribution in [0.5, 0.6) is 0 Å². The number of hydrogen-bond acceptors (Lipinski definition) is 4. The molecule has 1 aliphatic rings. The number of Topliss-reactive ketones (excluding diaryl/α,β-unsaturated/α-hetero) is 1. The summed E-state index contributed by atoms with van der Waals surface area (Å²) in [5.74, 6) is -0.286. The van der Waals surface area contributed by atoms with Crippen LogP contribution in [0.25, 0.3) is 0 Å². The highest BCUT2D eigenvalue weighted by molar-refractivity contribution is 6.10. The number of oxime groups is 1. The lowest BCUT2D eigenvalue weighted by molar-refractivity contribution is -0.140. The number of hydrogen-bond donors (Lipinski definition) is 0. The van der Waals surface area contributed by atoms with E-state index in [0.29, 0.717) is 12.1 Å². The molecule has 0 aromatic rings. The molecule has 0 N–H and O–H groups in total. The molecule has 0 radical (unpaired) electrons. The molecule has 11 heavy (non-hydrogen) atoms. The minimum absolute atomic E-state index is 0.0852. The van der Waals surface area contributed by atoms with Gasteiger partial charge in [-0.05, 0) is 0 Å². The Morgan fingerprint density at radius 3 is 2.91 bits per heavy atom. The number of carbonyl (C=O) groups is 2. The zero-order valence-corrected chi connectivity index (χ0v) is 6.29. The topological polar surface area (TPSA) is 55.7 Å². The second-order valence-corrected chi connectivity index (χ2v) is 2.37. The lowest BCUT2D eigenvalue weighted by atomic mass is 10.1. The molecule has 0 bridgehead atoms. The molecule has 0 saturated heterocycles. The summed E-state index contributed by atoms with van der Waals surface area (Å²) in [4.78, 5) is 25.6. The first-order chi connectivity index (χ1) is 5.22. The Labute approximate surface area is 64.2 Å². The fourth-order valence-corrected chi connectivity index (χ4v) is 0.794. The number of nitrogens with zero attached hydrogens (tertiary/aromatic N) is 1. The van der Waals surface area contributed by atoms with Crippen molar-refractivity contribution in [2.24, 2.45) is 5.16 Å². The van der Waals surface area contributed by atoms with Gasteiger partial charge in [0.15, 0.2) is 0 Å². The molecule has 0 unspecified atom stereocenters. The Kier molecular flexibility index (Phi) is 2.36. The van der Waals surface area contributed by atoms with Gasteiger partial charge >= 0.3 is 5.97 Å². The maximum absolute atomic E-state index is 10.8. The molecule has 4 heteroatoms. The summed E-state index contributed by atoms with van der Waals surface area (Å²) in [6.07, 6.45) is 0.904. The molecule has 0 saturated carbocycles. The van der Waals surface area contributed by atoms with Crippen molar-refractivity contribution in [3.8, 4) is 0 Å². The lowest BCUT2D eigenvalue weighted by Gasteiger charge is -1.91. The smallest absolute Gasteiger partial charge is 0.318 e. The Balaban J connectivity index is 2.39. The van der Waals surface area contributed by atoms with Gasteiger partial charge in [-0.25, -0.2) is 4.79 Å². The molecule has 0 atom stereocenters. The lowest BCUT2D eigenvalue weighted by Crippen LogP contribution is -2.05. The highest BCUT2D eigenvalue weighted by Gasteiger charge is 2.18. The van der Waals surface area contributed by atoms with E-state index in [9.17, 15) is 9.59 Å². The first kappa shape index (κ1) is 7.91. The maximum atomic E-state index is 10.8. The van der Waals surface area contributed by atoms with Crippen molar-refractivity contribution < 1.29 is 14.4 Å². The van der Waals surface area contributed by atoms with Gasteiger partial charge in [-0.3, -0.25) is 4.79 Å². The normalized spacial score (nSPS) is 16.1. The highest BCUT2D eigenvalue weighted by atomic mass is 16.7. The van der Waals surface area contributed by atoms with Crippen LogP contribution in [0.2, 0.25) is 0 Å². The molecule has 1 rings (SSSR count). The van der Waals surface area contributed by atoms with Gasteiger partial charge in [-0.2, -0.15) is 0 Å². The Morgan fingerprint density at radius 2 is 2.45 bits per heavy atom. The van der Waals surface area contributed by atoms with Crippen molar-refractivity contribution >= 4 is 17.5 Å². The van der Waals surface area contributed by atoms with Crippen molar-refractivity contribution in [3.05, 3.63) is 0 Å². The quantitative estimate of drug-likeness (QED) is 0.562. The third kappa shape index (κ3) is 2.14. The Morgan fingerprint density at radius 1 is 1.73 bits per heavy atom. The third-order valence-electron chi connectivity index (χ3n) is 1.42. The van der Waals surface area contributed by atoms with Crippen LogP contribution in [-0.4, -0.2) is 17.5 Å². The summed E-state index contributed by atoms with van der Waals surface area (Å²) in [6, 6.07) is 0. The summed E-state index contributed by atoms with van der Waals surface area (Å²) in [5.41, 5.74) is 0.543. The van der Waals surface area contributed by atoms with Crippen molar-refractivity contribution in [2.75, 3.05) is 0 Å². The van der Waals surface area contributed by atoms with Crippen molar-refractivity contribution in [1.29, 1.82) is 0 Å². The van der Waals surface area contributed by atoms with Crippen molar-refractivity contribution in [2.45, 2.75) is 26.2 Å². The molecule has 0 spiro atoms. The van der Waals surface area contributed by atoms with Gasteiger partial charge < -0.3 is 4.84 Å². The van der Waals surface area contributed by atoms with E-state index in [1.54, 1.807) is 6.92 Å². The zero-order valence-electron chi connectivity index (χ0n) is 6.29. The van der Waals surface area contributed by atoms with Crippen LogP contribution in [0.15, 0.2) is 5.16 Å². The first-order valence-corrected chi connectivity index (χ1v) is 3.49. The molecular formula is C7H9NO3. The van der Waals surface area contributed by atoms with E-state index in [4.69, 9.17) is 0 Å². The number of ketones is 1. The van der Waals surface area contributed by atoms with Gasteiger partial charge in [0.25, 0.3) is 0 Å². The average Bonchev–Trinajstić information content (AvgIpc) is 2.35. The molecule has 1 heterocycles. The molecule has 60 valence electrons. The summed E-state index contributed by atoms with van der Waals surface area (Å²) in [5, 5.41) is 3.45. The zero-order chi connectivity index (χ0) is 8.27. The average molecular weight is 155 g/mol. The Bertz CT molecular complexity index is 220. The van der Waals surface area contributed by atoms with E-state index in [2.05, 4.69) is 9.99 Å². The van der Waals surface area contributed by atoms with Crippen LogP contribution in [0.4, 0.5) is 0 Å². The van der Waals surface area contributed by atoms with Crippen LogP contribution in [-0.2, 0) is 14.4 Å². The highest BCUT2D eigenvalue weighted by Crippen LogP contribution is 2.06. The van der Waals surface area contributed by atoms with E-state index in [1.165, 1.54) is 0 Å². The fraction of sp³-hybridized carbons (Fsp3) is 0.571. The minimum atomic E-state index is -0.371. The van der Waals surface area contributed by atoms with E-state index < -0.39 is 0 Å². The van der Waals surface area contributed by atoms with Gasteiger partial charge in [0.05, 0.1) is 12.1 Å². The van der Waals surface area contributed by atoms with Gasteiger partial charge in [0.2, 0.25) is 0 Å². The summed E-state index contributed by atoms with van der Waals surface area (Å²) in [6.45, 7) is 1.78. The minimum Gasteiger partial charge on any atom is -0.318 e. The van der Waals surface area contributed by atoms with E-state index in [1.807, 2.05) is 0 Å². The van der Waals surface area contributed by atoms with Crippen LogP contribution < -0.4 is 0 Å². The Hall–Kier alpha value is -1.19. The molecule has 0 aromatic heterocycles. The molecular weight excluding hydrogens is 146 g/mol.